The Hall–Kier alpha value is -3.62. The molecule has 2 rings (SSSR count). The monoisotopic (exact) mass is 446 g/mol. The maximum atomic E-state index is 13.5. The zero-order chi connectivity index (χ0) is 23.7. The summed E-state index contributed by atoms with van der Waals surface area (Å²) in [5.74, 6) is -5.95. The zero-order valence-electron chi connectivity index (χ0n) is 17.3. The maximum absolute atomic E-state index is 13.5. The van der Waals surface area contributed by atoms with Crippen LogP contribution in [0.1, 0.15) is 29.3 Å². The average Bonchev–Trinajstić information content (AvgIpc) is 2.77. The first-order valence-corrected chi connectivity index (χ1v) is 9.93. The number of alkyl halides is 2. The third-order valence-corrected chi connectivity index (χ3v) is 4.80. The molecule has 0 aromatic heterocycles. The van der Waals surface area contributed by atoms with Crippen molar-refractivity contribution in [2.45, 2.75) is 38.3 Å². The Kier molecular flexibility index (Phi) is 9.00. The molecule has 0 saturated heterocycles. The van der Waals surface area contributed by atoms with Crippen LogP contribution in [0.5, 0.6) is 0 Å². The molecule has 0 aliphatic rings. The first-order chi connectivity index (χ1) is 15.2. The number of nitrogens with one attached hydrogen (secondary N) is 2. The van der Waals surface area contributed by atoms with Gasteiger partial charge in [-0.2, -0.15) is 0 Å². The fourth-order valence-electron chi connectivity index (χ4n) is 3.08. The van der Waals surface area contributed by atoms with Crippen LogP contribution in [0.3, 0.4) is 0 Å². The Morgan fingerprint density at radius 2 is 1.47 bits per heavy atom. The quantitative estimate of drug-likeness (QED) is 0.491. The Labute approximate surface area is 183 Å². The number of ketones is 1. The molecule has 3 atom stereocenters. The minimum Gasteiger partial charge on any atom is -0.480 e. The highest BCUT2D eigenvalue weighted by molar-refractivity contribution is 5.99. The molecule has 0 fully saturated rings. The summed E-state index contributed by atoms with van der Waals surface area (Å²) < 4.78 is 27.1. The van der Waals surface area contributed by atoms with E-state index in [1.165, 1.54) is 19.1 Å². The minimum atomic E-state index is -3.17. The summed E-state index contributed by atoms with van der Waals surface area (Å²) in [6, 6.07) is 13.8. The Bertz CT molecular complexity index is 938. The van der Waals surface area contributed by atoms with Crippen LogP contribution in [0, 0.1) is 5.92 Å². The fourth-order valence-corrected chi connectivity index (χ4v) is 3.08. The predicted octanol–water partition coefficient (Wildman–Crippen LogP) is 2.46. The third kappa shape index (κ3) is 7.26. The van der Waals surface area contributed by atoms with Gasteiger partial charge in [-0.3, -0.25) is 14.4 Å². The average molecular weight is 446 g/mol. The molecule has 2 aromatic rings. The molecule has 0 radical (unpaired) electrons. The highest BCUT2D eigenvalue weighted by atomic mass is 19.3. The lowest BCUT2D eigenvalue weighted by atomic mass is 9.94. The molecule has 0 bridgehead atoms. The zero-order valence-corrected chi connectivity index (χ0v) is 17.3. The second-order valence-corrected chi connectivity index (χ2v) is 7.26. The van der Waals surface area contributed by atoms with E-state index in [9.17, 15) is 33.1 Å². The molecule has 2 unspecified atom stereocenters. The number of carbonyl (C=O) groups is 4. The standard InChI is InChI=1S/C23H24F2N2O5/c1-14(26-22(30)16-10-6-3-7-11-16)20(29)17(21(24)25)13-19(28)27-18(23(31)32)12-15-8-4-2-5-9-15/h2-11,14,17-18,21H,12-13H2,1H3,(H,26,30)(H,27,28)(H,31,32)/t14?,17?,18-/m0/s1. The van der Waals surface area contributed by atoms with Crippen LogP contribution in [-0.4, -0.2) is 47.2 Å². The van der Waals surface area contributed by atoms with Crippen LogP contribution >= 0.6 is 0 Å². The van der Waals surface area contributed by atoms with Crippen LogP contribution in [0.25, 0.3) is 0 Å². The number of benzene rings is 2. The molecule has 0 heterocycles. The van der Waals surface area contributed by atoms with E-state index in [2.05, 4.69) is 10.6 Å². The van der Waals surface area contributed by atoms with E-state index in [4.69, 9.17) is 0 Å². The summed E-state index contributed by atoms with van der Waals surface area (Å²) in [5, 5.41) is 13.9. The highest BCUT2D eigenvalue weighted by Gasteiger charge is 2.35. The van der Waals surface area contributed by atoms with Crippen molar-refractivity contribution >= 4 is 23.6 Å². The van der Waals surface area contributed by atoms with E-state index in [1.807, 2.05) is 0 Å². The van der Waals surface area contributed by atoms with E-state index in [0.29, 0.717) is 5.56 Å². The number of halogens is 2. The molecule has 170 valence electrons. The number of Topliss-reactive ketones (excluding diaryl/α,β-unsaturated/α-hetero) is 1. The lowest BCUT2D eigenvalue weighted by Crippen LogP contribution is -2.47. The molecule has 2 amide bonds. The Morgan fingerprint density at radius 1 is 0.906 bits per heavy atom. The summed E-state index contributed by atoms with van der Waals surface area (Å²) in [5.41, 5.74) is 0.891. The van der Waals surface area contributed by atoms with Gasteiger partial charge in [-0.15, -0.1) is 0 Å². The van der Waals surface area contributed by atoms with Gasteiger partial charge in [0, 0.05) is 18.4 Å². The fraction of sp³-hybridized carbons (Fsp3) is 0.304. The van der Waals surface area contributed by atoms with Gasteiger partial charge in [0.15, 0.2) is 5.78 Å². The molecule has 0 saturated carbocycles. The van der Waals surface area contributed by atoms with E-state index in [0.717, 1.165) is 0 Å². The van der Waals surface area contributed by atoms with Gasteiger partial charge in [-0.05, 0) is 24.6 Å². The normalized spacial score (nSPS) is 13.6. The largest absolute Gasteiger partial charge is 0.480 e. The second kappa shape index (κ2) is 11.7. The van der Waals surface area contributed by atoms with E-state index in [1.54, 1.807) is 48.5 Å². The second-order valence-electron chi connectivity index (χ2n) is 7.26. The number of carbonyl (C=O) groups excluding carboxylic acids is 3. The van der Waals surface area contributed by atoms with Crippen molar-refractivity contribution in [3.05, 3.63) is 71.8 Å². The van der Waals surface area contributed by atoms with Crippen LogP contribution in [0.15, 0.2) is 60.7 Å². The summed E-state index contributed by atoms with van der Waals surface area (Å²) in [7, 11) is 0. The van der Waals surface area contributed by atoms with Crippen LogP contribution in [0.2, 0.25) is 0 Å². The first kappa shape index (κ1) is 24.6. The molecule has 0 aliphatic heterocycles. The summed E-state index contributed by atoms with van der Waals surface area (Å²) in [4.78, 5) is 48.4. The molecule has 0 aliphatic carbocycles. The van der Waals surface area contributed by atoms with Crippen molar-refractivity contribution in [2.24, 2.45) is 5.92 Å². The lowest BCUT2D eigenvalue weighted by Gasteiger charge is -2.21. The SMILES string of the molecule is CC(NC(=O)c1ccccc1)C(=O)C(CC(=O)N[C@@H](Cc1ccccc1)C(=O)O)C(F)F. The van der Waals surface area contributed by atoms with Gasteiger partial charge in [0.2, 0.25) is 12.3 Å². The van der Waals surface area contributed by atoms with Crippen LogP contribution in [-0.2, 0) is 20.8 Å². The van der Waals surface area contributed by atoms with Crippen molar-refractivity contribution in [2.75, 3.05) is 0 Å². The van der Waals surface area contributed by atoms with Gasteiger partial charge >= 0.3 is 5.97 Å². The number of aliphatic carboxylic acids is 1. The van der Waals surface area contributed by atoms with Gasteiger partial charge < -0.3 is 15.7 Å². The number of hydrogen-bond donors (Lipinski definition) is 3. The van der Waals surface area contributed by atoms with Gasteiger partial charge in [-0.25, -0.2) is 13.6 Å². The molecule has 2 aromatic carbocycles. The molecule has 9 heteroatoms. The number of carboxylic acid groups (broad SMARTS) is 1. The number of carboxylic acids is 1. The van der Waals surface area contributed by atoms with E-state index >= 15 is 0 Å². The number of rotatable bonds is 11. The van der Waals surface area contributed by atoms with Crippen LogP contribution < -0.4 is 10.6 Å². The van der Waals surface area contributed by atoms with E-state index in [-0.39, 0.29) is 12.0 Å². The van der Waals surface area contributed by atoms with Gasteiger partial charge in [0.05, 0.1) is 12.0 Å². The van der Waals surface area contributed by atoms with Crippen molar-refractivity contribution in [1.29, 1.82) is 0 Å². The summed E-state index contributed by atoms with van der Waals surface area (Å²) in [6.07, 6.45) is -4.11. The third-order valence-electron chi connectivity index (χ3n) is 4.80. The molecule has 0 spiro atoms. The summed E-state index contributed by atoms with van der Waals surface area (Å²) in [6.45, 7) is 1.26. The maximum Gasteiger partial charge on any atom is 0.326 e. The van der Waals surface area contributed by atoms with Gasteiger partial charge in [0.25, 0.3) is 5.91 Å². The Balaban J connectivity index is 2.01. The molecule has 7 nitrogen and oxygen atoms in total. The topological polar surface area (TPSA) is 113 Å². The van der Waals surface area contributed by atoms with Crippen molar-refractivity contribution in [3.8, 4) is 0 Å². The Morgan fingerprint density at radius 3 is 2.00 bits per heavy atom. The predicted molar refractivity (Wildman–Crippen MR) is 112 cm³/mol. The van der Waals surface area contributed by atoms with Crippen molar-refractivity contribution in [3.63, 3.8) is 0 Å². The molecule has 32 heavy (non-hydrogen) atoms. The van der Waals surface area contributed by atoms with E-state index < -0.39 is 54.4 Å². The smallest absolute Gasteiger partial charge is 0.326 e. The van der Waals surface area contributed by atoms with Crippen LogP contribution in [0.4, 0.5) is 8.78 Å². The summed E-state index contributed by atoms with van der Waals surface area (Å²) >= 11 is 0. The van der Waals surface area contributed by atoms with Gasteiger partial charge in [-0.1, -0.05) is 48.5 Å². The molecular weight excluding hydrogens is 422 g/mol. The van der Waals surface area contributed by atoms with Crippen molar-refractivity contribution in [1.82, 2.24) is 10.6 Å². The lowest BCUT2D eigenvalue weighted by molar-refractivity contribution is -0.142. The minimum absolute atomic E-state index is 0.0429. The highest BCUT2D eigenvalue weighted by Crippen LogP contribution is 2.18. The molecule has 3 N–H and O–H groups in total. The number of hydrogen-bond acceptors (Lipinski definition) is 4. The molecular formula is C23H24F2N2O5. The van der Waals surface area contributed by atoms with Gasteiger partial charge in [0.1, 0.15) is 6.04 Å². The first-order valence-electron chi connectivity index (χ1n) is 9.93. The number of amides is 2. The van der Waals surface area contributed by atoms with Crippen molar-refractivity contribution < 1.29 is 33.1 Å².